The van der Waals surface area contributed by atoms with Gasteiger partial charge in [0, 0.05) is 55.0 Å². The number of nitrogens with two attached hydrogens (primary N) is 1. The van der Waals surface area contributed by atoms with Crippen LogP contribution in [0.2, 0.25) is 0 Å². The van der Waals surface area contributed by atoms with E-state index in [0.29, 0.717) is 54.3 Å². The number of carbonyl (C=O) groups is 3. The van der Waals surface area contributed by atoms with Crippen molar-refractivity contribution < 1.29 is 19.1 Å². The van der Waals surface area contributed by atoms with Crippen LogP contribution in [0.4, 0.5) is 11.4 Å². The van der Waals surface area contributed by atoms with Gasteiger partial charge in [0.25, 0.3) is 17.7 Å². The lowest BCUT2D eigenvalue weighted by Crippen LogP contribution is -2.40. The molecule has 4 N–H and O–H groups in total. The number of ether oxygens (including phenoxy) is 1. The van der Waals surface area contributed by atoms with Crippen LogP contribution in [0.25, 0.3) is 0 Å². The minimum absolute atomic E-state index is 0.0376. The molecule has 9 heteroatoms. The number of amides is 3. The summed E-state index contributed by atoms with van der Waals surface area (Å²) in [5.74, 6) is 0.203. The van der Waals surface area contributed by atoms with Gasteiger partial charge in [0.2, 0.25) is 0 Å². The van der Waals surface area contributed by atoms with Gasteiger partial charge in [0.15, 0.2) is 0 Å². The Bertz CT molecular complexity index is 1470. The van der Waals surface area contributed by atoms with Crippen molar-refractivity contribution in [3.63, 3.8) is 0 Å². The van der Waals surface area contributed by atoms with Crippen molar-refractivity contribution in [3.8, 4) is 5.75 Å². The van der Waals surface area contributed by atoms with Crippen LogP contribution in [0.5, 0.6) is 5.75 Å². The highest BCUT2D eigenvalue weighted by Gasteiger charge is 2.25. The second-order valence-corrected chi connectivity index (χ2v) is 11.5. The van der Waals surface area contributed by atoms with E-state index < -0.39 is 0 Å². The van der Waals surface area contributed by atoms with E-state index in [1.807, 2.05) is 54.3 Å². The third-order valence-electron chi connectivity index (χ3n) is 8.33. The number of nitrogens with zero attached hydrogens (tertiary/aromatic N) is 2. The SMILES string of the molecule is COc1cccc(C(=O)N2CCCN(c3ccc(C(=O)NC4CCC(N)CC4)cc3NC(=O)c3cccc(C)c3)CC2)c1. The first kappa shape index (κ1) is 30.1. The second kappa shape index (κ2) is 13.7. The zero-order valence-electron chi connectivity index (χ0n) is 25.0. The number of benzene rings is 3. The normalized spacial score (nSPS) is 18.9. The molecule has 1 aliphatic heterocycles. The molecule has 2 fully saturated rings. The topological polar surface area (TPSA) is 117 Å². The Kier molecular flexibility index (Phi) is 9.61. The first-order valence-electron chi connectivity index (χ1n) is 15.1. The number of aryl methyl sites for hydroxylation is 1. The minimum Gasteiger partial charge on any atom is -0.497 e. The summed E-state index contributed by atoms with van der Waals surface area (Å²) in [5.41, 5.74) is 10.0. The number of nitrogens with one attached hydrogen (secondary N) is 2. The maximum Gasteiger partial charge on any atom is 0.255 e. The summed E-state index contributed by atoms with van der Waals surface area (Å²) in [4.78, 5) is 43.9. The summed E-state index contributed by atoms with van der Waals surface area (Å²) in [5, 5.41) is 6.23. The van der Waals surface area contributed by atoms with E-state index in [-0.39, 0.29) is 29.8 Å². The van der Waals surface area contributed by atoms with Crippen molar-refractivity contribution in [1.29, 1.82) is 0 Å². The van der Waals surface area contributed by atoms with Gasteiger partial charge in [0.1, 0.15) is 5.75 Å². The predicted octanol–water partition coefficient (Wildman–Crippen LogP) is 4.61. The lowest BCUT2D eigenvalue weighted by Gasteiger charge is -2.28. The van der Waals surface area contributed by atoms with Crippen LogP contribution < -0.4 is 26.0 Å². The van der Waals surface area contributed by atoms with Crippen molar-refractivity contribution >= 4 is 29.1 Å². The molecule has 0 bridgehead atoms. The average Bonchev–Trinajstić information content (AvgIpc) is 3.28. The molecule has 226 valence electrons. The summed E-state index contributed by atoms with van der Waals surface area (Å²) in [7, 11) is 1.59. The highest BCUT2D eigenvalue weighted by Crippen LogP contribution is 2.30. The number of hydrogen-bond donors (Lipinski definition) is 3. The van der Waals surface area contributed by atoms with Crippen LogP contribution in [0, 0.1) is 6.92 Å². The monoisotopic (exact) mass is 583 g/mol. The molecule has 3 aromatic carbocycles. The average molecular weight is 584 g/mol. The highest BCUT2D eigenvalue weighted by atomic mass is 16.5. The van der Waals surface area contributed by atoms with Crippen molar-refractivity contribution in [3.05, 3.63) is 89.0 Å². The van der Waals surface area contributed by atoms with E-state index in [1.54, 1.807) is 31.4 Å². The second-order valence-electron chi connectivity index (χ2n) is 11.5. The first-order valence-corrected chi connectivity index (χ1v) is 15.1. The van der Waals surface area contributed by atoms with E-state index in [4.69, 9.17) is 10.5 Å². The van der Waals surface area contributed by atoms with Gasteiger partial charge in [-0.25, -0.2) is 0 Å². The number of anilines is 2. The Morgan fingerprint density at radius 2 is 1.56 bits per heavy atom. The maximum atomic E-state index is 13.3. The van der Waals surface area contributed by atoms with Crippen LogP contribution in [0.3, 0.4) is 0 Å². The Morgan fingerprint density at radius 1 is 0.814 bits per heavy atom. The van der Waals surface area contributed by atoms with Gasteiger partial charge in [-0.3, -0.25) is 14.4 Å². The zero-order valence-corrected chi connectivity index (χ0v) is 25.0. The van der Waals surface area contributed by atoms with Crippen LogP contribution in [0.15, 0.2) is 66.7 Å². The van der Waals surface area contributed by atoms with E-state index in [1.165, 1.54) is 0 Å². The quantitative estimate of drug-likeness (QED) is 0.374. The number of hydrogen-bond acceptors (Lipinski definition) is 6. The molecule has 9 nitrogen and oxygen atoms in total. The van der Waals surface area contributed by atoms with E-state index in [2.05, 4.69) is 15.5 Å². The fourth-order valence-electron chi connectivity index (χ4n) is 5.87. The summed E-state index contributed by atoms with van der Waals surface area (Å²) in [6, 6.07) is 20.4. The molecule has 1 aliphatic carbocycles. The Morgan fingerprint density at radius 3 is 2.33 bits per heavy atom. The summed E-state index contributed by atoms with van der Waals surface area (Å²) in [6.45, 7) is 4.36. The molecule has 0 atom stereocenters. The molecular weight excluding hydrogens is 542 g/mol. The lowest BCUT2D eigenvalue weighted by molar-refractivity contribution is 0.0766. The Labute approximate surface area is 253 Å². The summed E-state index contributed by atoms with van der Waals surface area (Å²) < 4.78 is 5.30. The zero-order chi connectivity index (χ0) is 30.3. The van der Waals surface area contributed by atoms with Crippen LogP contribution in [-0.4, -0.2) is 68.0 Å². The third-order valence-corrected chi connectivity index (χ3v) is 8.33. The largest absolute Gasteiger partial charge is 0.497 e. The highest BCUT2D eigenvalue weighted by molar-refractivity contribution is 6.07. The molecule has 3 amide bonds. The van der Waals surface area contributed by atoms with Crippen molar-refractivity contribution in [1.82, 2.24) is 10.2 Å². The molecule has 43 heavy (non-hydrogen) atoms. The predicted molar refractivity (Wildman–Crippen MR) is 169 cm³/mol. The van der Waals surface area contributed by atoms with E-state index in [9.17, 15) is 14.4 Å². The van der Waals surface area contributed by atoms with Gasteiger partial charge < -0.3 is 30.9 Å². The molecule has 1 saturated heterocycles. The van der Waals surface area contributed by atoms with Gasteiger partial charge in [-0.05, 0) is 87.6 Å². The molecule has 5 rings (SSSR count). The summed E-state index contributed by atoms with van der Waals surface area (Å²) >= 11 is 0. The molecule has 0 unspecified atom stereocenters. The third kappa shape index (κ3) is 7.53. The smallest absolute Gasteiger partial charge is 0.255 e. The van der Waals surface area contributed by atoms with Crippen molar-refractivity contribution in [2.75, 3.05) is 43.5 Å². The molecule has 3 aromatic rings. The fraction of sp³-hybridized carbons (Fsp3) is 0.382. The molecule has 0 radical (unpaired) electrons. The van der Waals surface area contributed by atoms with Crippen molar-refractivity contribution in [2.24, 2.45) is 5.73 Å². The standard InChI is InChI=1S/C34H41N5O4/c1-23-6-3-7-24(20-23)33(41)37-30-22-25(32(40)36-28-13-11-27(35)12-14-28)10-15-31(30)38-16-5-17-39(19-18-38)34(42)26-8-4-9-29(21-26)43-2/h3-4,6-10,15,20-22,27-28H,5,11-14,16-19,35H2,1-2H3,(H,36,40)(H,37,41). The number of rotatable bonds is 7. The first-order chi connectivity index (χ1) is 20.8. The minimum atomic E-state index is -0.242. The Hall–Kier alpha value is -4.37. The van der Waals surface area contributed by atoms with Gasteiger partial charge >= 0.3 is 0 Å². The van der Waals surface area contributed by atoms with Crippen LogP contribution in [-0.2, 0) is 0 Å². The summed E-state index contributed by atoms with van der Waals surface area (Å²) in [6.07, 6.45) is 4.27. The van der Waals surface area contributed by atoms with Gasteiger partial charge in [0.05, 0.1) is 18.5 Å². The molecular formula is C34H41N5O4. The molecule has 1 heterocycles. The van der Waals surface area contributed by atoms with Gasteiger partial charge in [-0.15, -0.1) is 0 Å². The van der Waals surface area contributed by atoms with Crippen LogP contribution >= 0.6 is 0 Å². The molecule has 2 aliphatic rings. The number of carbonyl (C=O) groups excluding carboxylic acids is 3. The molecule has 0 spiro atoms. The number of methoxy groups -OCH3 is 1. The Balaban J connectivity index is 1.36. The van der Waals surface area contributed by atoms with E-state index >= 15 is 0 Å². The fourth-order valence-corrected chi connectivity index (χ4v) is 5.87. The molecule has 1 saturated carbocycles. The van der Waals surface area contributed by atoms with Gasteiger partial charge in [-0.2, -0.15) is 0 Å². The molecule has 0 aromatic heterocycles. The maximum absolute atomic E-state index is 13.3. The van der Waals surface area contributed by atoms with Crippen molar-refractivity contribution in [2.45, 2.75) is 51.1 Å². The van der Waals surface area contributed by atoms with Crippen LogP contribution in [0.1, 0.15) is 68.7 Å². The lowest BCUT2D eigenvalue weighted by atomic mass is 9.91. The van der Waals surface area contributed by atoms with E-state index in [0.717, 1.165) is 43.4 Å². The van der Waals surface area contributed by atoms with Gasteiger partial charge in [-0.1, -0.05) is 23.8 Å².